The van der Waals surface area contributed by atoms with Gasteiger partial charge in [-0.25, -0.2) is 0 Å². The van der Waals surface area contributed by atoms with Gasteiger partial charge in [0.2, 0.25) is 0 Å². The number of benzene rings is 5. The molecular formula is C55H60IrNO2S-. The average molecular weight is 991 g/mol. The number of pyridine rings is 1. The number of ketones is 1. The molecule has 313 valence electrons. The van der Waals surface area contributed by atoms with E-state index in [-0.39, 0.29) is 48.9 Å². The number of aryl methyl sites for hydroxylation is 5. The number of fused-ring (bicyclic) bond motifs is 4. The maximum atomic E-state index is 11.7. The molecule has 0 amide bonds. The number of carbonyl (C=O) groups is 1. The summed E-state index contributed by atoms with van der Waals surface area (Å²) < 4.78 is 2.60. The van der Waals surface area contributed by atoms with E-state index in [0.29, 0.717) is 0 Å². The van der Waals surface area contributed by atoms with Crippen LogP contribution in [-0.2, 0) is 56.0 Å². The number of thiophene rings is 1. The summed E-state index contributed by atoms with van der Waals surface area (Å²) in [6.07, 6.45) is 11.1. The van der Waals surface area contributed by atoms with E-state index < -0.39 is 0 Å². The largest absolute Gasteiger partial charge is 0.512 e. The molecule has 0 spiro atoms. The van der Waals surface area contributed by atoms with Crippen LogP contribution in [0.4, 0.5) is 0 Å². The fourth-order valence-electron chi connectivity index (χ4n) is 8.83. The molecule has 2 aromatic heterocycles. The van der Waals surface area contributed by atoms with Gasteiger partial charge in [0.15, 0.2) is 5.78 Å². The average Bonchev–Trinajstić information content (AvgIpc) is 3.62. The van der Waals surface area contributed by atoms with Crippen molar-refractivity contribution < 1.29 is 30.0 Å². The Morgan fingerprint density at radius 3 is 2.02 bits per heavy atom. The van der Waals surface area contributed by atoms with Crippen LogP contribution in [-0.4, -0.2) is 15.9 Å². The molecule has 4 bridgehead atoms. The Kier molecular flexibility index (Phi) is 14.7. The van der Waals surface area contributed by atoms with Gasteiger partial charge >= 0.3 is 0 Å². The van der Waals surface area contributed by atoms with Crippen molar-refractivity contribution in [1.82, 2.24) is 4.98 Å². The number of hydrogen-bond acceptors (Lipinski definition) is 4. The van der Waals surface area contributed by atoms with Crippen LogP contribution in [0.5, 0.6) is 0 Å². The fraction of sp³-hybridized carbons (Fsp3) is 0.345. The fourth-order valence-corrected chi connectivity index (χ4v) is 10.1. The van der Waals surface area contributed by atoms with Gasteiger partial charge in [0.25, 0.3) is 0 Å². The van der Waals surface area contributed by atoms with E-state index in [1.165, 1.54) is 76.1 Å². The van der Waals surface area contributed by atoms with Gasteiger partial charge in [-0.15, -0.1) is 40.5 Å². The van der Waals surface area contributed by atoms with Crippen molar-refractivity contribution in [1.29, 1.82) is 0 Å². The van der Waals surface area contributed by atoms with Gasteiger partial charge in [0, 0.05) is 64.7 Å². The predicted octanol–water partition coefficient (Wildman–Crippen LogP) is 15.1. The van der Waals surface area contributed by atoms with Crippen molar-refractivity contribution in [2.45, 2.75) is 112 Å². The van der Waals surface area contributed by atoms with E-state index in [1.807, 2.05) is 45.2 Å². The molecule has 0 fully saturated rings. The third kappa shape index (κ3) is 9.55. The van der Waals surface area contributed by atoms with Gasteiger partial charge in [-0.05, 0) is 114 Å². The molecule has 1 N–H and O–H groups in total. The van der Waals surface area contributed by atoms with Gasteiger partial charge in [-0.3, -0.25) is 9.78 Å². The zero-order chi connectivity index (χ0) is 41.8. The summed E-state index contributed by atoms with van der Waals surface area (Å²) in [6.45, 7) is 17.3. The molecule has 5 heteroatoms. The minimum atomic E-state index is 0. The minimum absolute atomic E-state index is 0. The molecule has 3 nitrogen and oxygen atoms in total. The van der Waals surface area contributed by atoms with Crippen LogP contribution in [0.3, 0.4) is 0 Å². The molecule has 5 aromatic carbocycles. The van der Waals surface area contributed by atoms with Gasteiger partial charge in [-0.1, -0.05) is 132 Å². The smallest absolute Gasteiger partial charge is 0.162 e. The van der Waals surface area contributed by atoms with E-state index in [2.05, 4.69) is 125 Å². The van der Waals surface area contributed by atoms with Crippen LogP contribution in [0.15, 0.2) is 109 Å². The second kappa shape index (κ2) is 19.5. The Balaban J connectivity index is 0.000000325. The van der Waals surface area contributed by atoms with E-state index in [0.717, 1.165) is 68.0 Å². The van der Waals surface area contributed by atoms with Crippen LogP contribution < -0.4 is 0 Å². The predicted molar refractivity (Wildman–Crippen MR) is 253 cm³/mol. The summed E-state index contributed by atoms with van der Waals surface area (Å²) in [6, 6.07) is 38.1. The summed E-state index contributed by atoms with van der Waals surface area (Å²) in [4.78, 5) is 16.7. The SMILES string of the molecule is CCC(CC)C(=O)/C=C(\O)C(CC)CC.Cc1c(-c2cc3ccc2CCc2ccc(cc2)CC3)ccc2c1sc1c(-c3[c-]c4ccccc4c(C(C)(C)C)c3)nccc12.[Ir]. The number of rotatable bonds is 9. The van der Waals surface area contributed by atoms with Crippen molar-refractivity contribution in [2.75, 3.05) is 0 Å². The standard InChI is InChI=1S/C42H36NS.C13H24O2.Ir/c1-26-33(37-23-29-14-13-27-9-11-28(12-10-27)15-17-30(37)18-16-29)19-20-35-36-21-22-43-39(41(36)44-40(26)35)32-24-31-7-5-6-8-34(31)38(25-32)42(2,3)4;1-5-10(6-2)12(14)9-13(15)11(7-3)8-4;/h5-12,16,18-23,25H,13-15,17H2,1-4H3;9-11,14H,5-8H2,1-4H3;/q-1;;/b;12-9-;. The molecule has 4 aliphatic rings. The summed E-state index contributed by atoms with van der Waals surface area (Å²) in [5, 5.41) is 14.8. The number of hydrogen-bond donors (Lipinski definition) is 1. The molecule has 1 radical (unpaired) electrons. The minimum Gasteiger partial charge on any atom is -0.512 e. The van der Waals surface area contributed by atoms with Crippen LogP contribution in [0.25, 0.3) is 53.3 Å². The molecule has 60 heavy (non-hydrogen) atoms. The van der Waals surface area contributed by atoms with Gasteiger partial charge < -0.3 is 5.11 Å². The molecule has 0 saturated heterocycles. The Morgan fingerprint density at radius 1 is 0.733 bits per heavy atom. The first kappa shape index (κ1) is 45.1. The number of aliphatic hydroxyl groups is 1. The van der Waals surface area contributed by atoms with Gasteiger partial charge in [0.05, 0.1) is 5.76 Å². The van der Waals surface area contributed by atoms with E-state index >= 15 is 0 Å². The third-order valence-corrected chi connectivity index (χ3v) is 13.9. The van der Waals surface area contributed by atoms with E-state index in [9.17, 15) is 9.90 Å². The summed E-state index contributed by atoms with van der Waals surface area (Å²) in [7, 11) is 0. The van der Waals surface area contributed by atoms with Crippen LogP contribution >= 0.6 is 11.3 Å². The van der Waals surface area contributed by atoms with Crippen LogP contribution in [0.2, 0.25) is 0 Å². The van der Waals surface area contributed by atoms with E-state index in [1.54, 1.807) is 0 Å². The Bertz CT molecular complexity index is 2640. The first-order valence-electron chi connectivity index (χ1n) is 21.8. The van der Waals surface area contributed by atoms with Gasteiger partial charge in [0.1, 0.15) is 0 Å². The quantitative estimate of drug-likeness (QED) is 0.0891. The molecule has 4 aliphatic carbocycles. The van der Waals surface area contributed by atoms with Gasteiger partial charge in [-0.2, -0.15) is 0 Å². The zero-order valence-electron chi connectivity index (χ0n) is 36.7. The number of nitrogens with zero attached hydrogens (tertiary/aromatic N) is 1. The topological polar surface area (TPSA) is 50.2 Å². The molecular weight excluding hydrogens is 931 g/mol. The zero-order valence-corrected chi connectivity index (χ0v) is 39.9. The Labute approximate surface area is 375 Å². The van der Waals surface area contributed by atoms with Crippen molar-refractivity contribution in [3.8, 4) is 22.4 Å². The number of allylic oxidation sites excluding steroid dienone is 2. The van der Waals surface area contributed by atoms with Crippen molar-refractivity contribution >= 4 is 48.1 Å². The molecule has 0 aliphatic heterocycles. The molecule has 0 unspecified atom stereocenters. The molecule has 7 aromatic rings. The van der Waals surface area contributed by atoms with E-state index in [4.69, 9.17) is 4.98 Å². The third-order valence-electron chi connectivity index (χ3n) is 12.6. The Hall–Kier alpha value is -4.41. The maximum absolute atomic E-state index is 11.7. The Morgan fingerprint density at radius 2 is 1.35 bits per heavy atom. The molecule has 11 rings (SSSR count). The summed E-state index contributed by atoms with van der Waals surface area (Å²) >= 11 is 1.89. The normalized spacial score (nSPS) is 13.1. The summed E-state index contributed by atoms with van der Waals surface area (Å²) in [5.41, 5.74) is 13.3. The number of aromatic nitrogens is 1. The maximum Gasteiger partial charge on any atom is 0.162 e. The van der Waals surface area contributed by atoms with Crippen LogP contribution in [0, 0.1) is 24.8 Å². The second-order valence-electron chi connectivity index (χ2n) is 17.5. The van der Waals surface area contributed by atoms with Crippen molar-refractivity contribution in [3.63, 3.8) is 0 Å². The molecule has 0 atom stereocenters. The first-order chi connectivity index (χ1) is 28.4. The number of carbonyl (C=O) groups excluding carboxylic acids is 1. The first-order valence-corrected chi connectivity index (χ1v) is 22.7. The second-order valence-corrected chi connectivity index (χ2v) is 18.5. The van der Waals surface area contributed by atoms with Crippen molar-refractivity contribution in [2.24, 2.45) is 11.8 Å². The van der Waals surface area contributed by atoms with Crippen LogP contribution in [0.1, 0.15) is 108 Å². The molecule has 2 heterocycles. The molecule has 0 saturated carbocycles. The summed E-state index contributed by atoms with van der Waals surface area (Å²) in [5.74, 6) is 0.547. The monoisotopic (exact) mass is 991 g/mol. The number of aliphatic hydroxyl groups excluding tert-OH is 1. The van der Waals surface area contributed by atoms with Crippen molar-refractivity contribution in [3.05, 3.63) is 148 Å².